The van der Waals surface area contributed by atoms with E-state index in [9.17, 15) is 4.79 Å². The second-order valence-corrected chi connectivity index (χ2v) is 10.2. The monoisotopic (exact) mass is 398 g/mol. The lowest BCUT2D eigenvalue weighted by atomic mass is 9.49. The summed E-state index contributed by atoms with van der Waals surface area (Å²) < 4.78 is 6.30. The number of aryl methyl sites for hydroxylation is 1. The van der Waals surface area contributed by atoms with Gasteiger partial charge in [-0.05, 0) is 87.0 Å². The zero-order valence-corrected chi connectivity index (χ0v) is 18.1. The molecule has 1 heterocycles. The number of carbonyl (C=O) groups excluding carboxylic acids is 1. The van der Waals surface area contributed by atoms with Crippen LogP contribution in [0.2, 0.25) is 0 Å². The van der Waals surface area contributed by atoms with E-state index in [0.29, 0.717) is 30.0 Å². The molecular formula is C28H30O2. The highest BCUT2D eigenvalue weighted by atomic mass is 16.5. The second kappa shape index (κ2) is 6.44. The van der Waals surface area contributed by atoms with Gasteiger partial charge in [-0.25, -0.2) is 0 Å². The molecule has 2 saturated carbocycles. The van der Waals surface area contributed by atoms with Gasteiger partial charge in [0.15, 0.2) is 5.78 Å². The van der Waals surface area contributed by atoms with E-state index in [1.807, 2.05) is 13.0 Å². The largest absolute Gasteiger partial charge is 0.361 e. The van der Waals surface area contributed by atoms with Crippen molar-refractivity contribution in [3.63, 3.8) is 0 Å². The van der Waals surface area contributed by atoms with E-state index in [1.165, 1.54) is 35.1 Å². The number of rotatable bonds is 1. The molecule has 4 aliphatic carbocycles. The van der Waals surface area contributed by atoms with Crippen LogP contribution in [0.3, 0.4) is 0 Å². The molecule has 1 spiro atoms. The van der Waals surface area contributed by atoms with Gasteiger partial charge in [-0.1, -0.05) is 41.3 Å². The third-order valence-electron chi connectivity index (χ3n) is 8.95. The average molecular weight is 399 g/mol. The van der Waals surface area contributed by atoms with E-state index in [1.54, 1.807) is 5.57 Å². The van der Waals surface area contributed by atoms with Crippen molar-refractivity contribution in [1.29, 1.82) is 0 Å². The van der Waals surface area contributed by atoms with Gasteiger partial charge in [0.25, 0.3) is 0 Å². The number of hydrogen-bond acceptors (Lipinski definition) is 2. The predicted molar refractivity (Wildman–Crippen MR) is 118 cm³/mol. The second-order valence-electron chi connectivity index (χ2n) is 10.2. The summed E-state index contributed by atoms with van der Waals surface area (Å²) in [6.45, 7) is 4.99. The van der Waals surface area contributed by atoms with Gasteiger partial charge in [-0.15, -0.1) is 5.92 Å². The van der Waals surface area contributed by atoms with Gasteiger partial charge in [0, 0.05) is 17.8 Å². The molecular weight excluding hydrogens is 368 g/mol. The molecule has 2 nitrogen and oxygen atoms in total. The SMILES string of the molecule is CC#C[C@]12CCC3C4CCC5=CC(=O)CCC5=C4[C@@H](c4ccc(C)cc4)C[C@@]31CO2. The van der Waals surface area contributed by atoms with Crippen LogP contribution in [0, 0.1) is 36.0 Å². The van der Waals surface area contributed by atoms with Crippen molar-refractivity contribution in [1.82, 2.24) is 0 Å². The third kappa shape index (κ3) is 2.33. The highest BCUT2D eigenvalue weighted by Gasteiger charge is 2.71. The number of ether oxygens (including phenoxy) is 1. The van der Waals surface area contributed by atoms with Crippen LogP contribution in [-0.4, -0.2) is 18.0 Å². The van der Waals surface area contributed by atoms with Crippen LogP contribution in [0.1, 0.15) is 68.9 Å². The standard InChI is InChI=1S/C28H30O2/c1-3-13-28-14-12-25-23-10-8-20-15-21(29)9-11-22(20)26(23)24(16-27(25,28)17-30-28)19-6-4-18(2)5-7-19/h4-7,15,23-25H,8-12,14,16-17H2,1-2H3/t23?,24-,25?,27-,28+/m1/s1. The molecule has 154 valence electrons. The molecule has 0 radical (unpaired) electrons. The summed E-state index contributed by atoms with van der Waals surface area (Å²) in [4.78, 5) is 12.1. The molecule has 2 heteroatoms. The number of allylic oxidation sites excluding steroid dienone is 4. The molecule has 0 bridgehead atoms. The molecule has 5 aliphatic rings. The first-order chi connectivity index (χ1) is 14.6. The zero-order chi connectivity index (χ0) is 20.5. The van der Waals surface area contributed by atoms with E-state index < -0.39 is 0 Å². The molecule has 5 atom stereocenters. The van der Waals surface area contributed by atoms with Gasteiger partial charge >= 0.3 is 0 Å². The van der Waals surface area contributed by atoms with E-state index >= 15 is 0 Å². The van der Waals surface area contributed by atoms with Crippen molar-refractivity contribution >= 4 is 5.78 Å². The molecule has 0 aromatic heterocycles. The van der Waals surface area contributed by atoms with Crippen molar-refractivity contribution in [3.05, 3.63) is 58.2 Å². The van der Waals surface area contributed by atoms with Crippen molar-refractivity contribution < 1.29 is 9.53 Å². The highest BCUT2D eigenvalue weighted by Crippen LogP contribution is 2.71. The fourth-order valence-corrected chi connectivity index (χ4v) is 7.64. The zero-order valence-electron chi connectivity index (χ0n) is 18.1. The molecule has 1 aromatic rings. The minimum absolute atomic E-state index is 0.200. The quantitative estimate of drug-likeness (QED) is 0.570. The van der Waals surface area contributed by atoms with E-state index in [0.717, 1.165) is 32.3 Å². The van der Waals surface area contributed by atoms with Crippen LogP contribution in [0.5, 0.6) is 0 Å². The lowest BCUT2D eigenvalue weighted by Crippen LogP contribution is -2.64. The van der Waals surface area contributed by atoms with E-state index in [4.69, 9.17) is 4.74 Å². The first kappa shape index (κ1) is 18.6. The molecule has 0 N–H and O–H groups in total. The summed E-state index contributed by atoms with van der Waals surface area (Å²) >= 11 is 0. The lowest BCUT2D eigenvalue weighted by Gasteiger charge is -2.61. The fourth-order valence-electron chi connectivity index (χ4n) is 7.64. The molecule has 2 unspecified atom stereocenters. The van der Waals surface area contributed by atoms with Gasteiger partial charge in [-0.3, -0.25) is 4.79 Å². The highest BCUT2D eigenvalue weighted by molar-refractivity contribution is 5.93. The number of fused-ring (bicyclic) bond motifs is 3. The van der Waals surface area contributed by atoms with Gasteiger partial charge in [0.05, 0.1) is 6.61 Å². The smallest absolute Gasteiger partial charge is 0.156 e. The van der Waals surface area contributed by atoms with Gasteiger partial charge in [0.1, 0.15) is 5.60 Å². The minimum Gasteiger partial charge on any atom is -0.361 e. The summed E-state index contributed by atoms with van der Waals surface area (Å²) in [6, 6.07) is 9.20. The van der Waals surface area contributed by atoms with Crippen molar-refractivity contribution in [2.45, 2.75) is 70.3 Å². The Morgan fingerprint density at radius 3 is 2.67 bits per heavy atom. The molecule has 1 aromatic carbocycles. The Balaban J connectivity index is 1.53. The van der Waals surface area contributed by atoms with Crippen LogP contribution < -0.4 is 0 Å². The Bertz CT molecular complexity index is 1050. The summed E-state index contributed by atoms with van der Waals surface area (Å²) in [7, 11) is 0. The van der Waals surface area contributed by atoms with Crippen molar-refractivity contribution in [3.8, 4) is 11.8 Å². The maximum absolute atomic E-state index is 12.1. The first-order valence-electron chi connectivity index (χ1n) is 11.7. The van der Waals surface area contributed by atoms with E-state index in [-0.39, 0.29) is 11.0 Å². The Morgan fingerprint density at radius 2 is 1.93 bits per heavy atom. The van der Waals surface area contributed by atoms with Gasteiger partial charge < -0.3 is 4.74 Å². The van der Waals surface area contributed by atoms with Gasteiger partial charge in [-0.2, -0.15) is 0 Å². The van der Waals surface area contributed by atoms with Crippen LogP contribution in [-0.2, 0) is 9.53 Å². The summed E-state index contributed by atoms with van der Waals surface area (Å²) in [5, 5.41) is 0. The Kier molecular flexibility index (Phi) is 4.00. The Labute approximate surface area is 179 Å². The first-order valence-corrected chi connectivity index (χ1v) is 11.7. The Hall–Kier alpha value is -2.11. The molecule has 6 rings (SSSR count). The molecule has 30 heavy (non-hydrogen) atoms. The minimum atomic E-state index is -0.218. The fraction of sp³-hybridized carbons (Fsp3) is 0.536. The topological polar surface area (TPSA) is 26.3 Å². The maximum Gasteiger partial charge on any atom is 0.156 e. The number of hydrogen-bond donors (Lipinski definition) is 0. The van der Waals surface area contributed by atoms with Crippen LogP contribution >= 0.6 is 0 Å². The molecule has 0 amide bonds. The van der Waals surface area contributed by atoms with E-state index in [2.05, 4.69) is 43.0 Å². The molecule has 1 saturated heterocycles. The van der Waals surface area contributed by atoms with Gasteiger partial charge in [0.2, 0.25) is 0 Å². The average Bonchev–Trinajstić information content (AvgIpc) is 2.96. The summed E-state index contributed by atoms with van der Waals surface area (Å²) in [5.74, 6) is 8.80. The van der Waals surface area contributed by atoms with Crippen LogP contribution in [0.15, 0.2) is 47.1 Å². The number of benzene rings is 1. The van der Waals surface area contributed by atoms with Crippen LogP contribution in [0.25, 0.3) is 0 Å². The lowest BCUT2D eigenvalue weighted by molar-refractivity contribution is -0.245. The normalized spacial score (nSPS) is 38.9. The van der Waals surface area contributed by atoms with Crippen molar-refractivity contribution in [2.24, 2.45) is 17.3 Å². The predicted octanol–water partition coefficient (Wildman–Crippen LogP) is 5.67. The van der Waals surface area contributed by atoms with Crippen molar-refractivity contribution in [2.75, 3.05) is 6.61 Å². The molecule has 1 aliphatic heterocycles. The van der Waals surface area contributed by atoms with Crippen LogP contribution in [0.4, 0.5) is 0 Å². The third-order valence-corrected chi connectivity index (χ3v) is 8.95. The maximum atomic E-state index is 12.1. The molecule has 3 fully saturated rings. The Morgan fingerprint density at radius 1 is 1.10 bits per heavy atom. The summed E-state index contributed by atoms with van der Waals surface area (Å²) in [6.07, 6.45) is 9.29. The number of carbonyl (C=O) groups is 1. The number of ketones is 1. The summed E-state index contributed by atoms with van der Waals surface area (Å²) in [5.41, 5.74) is 7.28.